The number of allylic oxidation sites excluding steroid dienone is 2. The predicted molar refractivity (Wildman–Crippen MR) is 209 cm³/mol. The smallest absolute Gasteiger partial charge is 0.243 e. The van der Waals surface area contributed by atoms with E-state index >= 15 is 0 Å². The molecule has 1 fully saturated rings. The summed E-state index contributed by atoms with van der Waals surface area (Å²) < 4.78 is 60.3. The molecule has 292 valence electrons. The van der Waals surface area contributed by atoms with Crippen LogP contribution in [-0.2, 0) is 47.0 Å². The Morgan fingerprint density at radius 1 is 0.963 bits per heavy atom. The summed E-state index contributed by atoms with van der Waals surface area (Å²) in [5.41, 5.74) is 5.06. The number of fused-ring (bicyclic) bond motifs is 1. The van der Waals surface area contributed by atoms with Gasteiger partial charge in [-0.25, -0.2) is 8.42 Å². The van der Waals surface area contributed by atoms with Gasteiger partial charge in [-0.2, -0.15) is 4.31 Å². The number of carbonyl (C=O) groups is 1. The molecule has 0 spiro atoms. The van der Waals surface area contributed by atoms with E-state index in [0.717, 1.165) is 53.2 Å². The van der Waals surface area contributed by atoms with E-state index in [0.29, 0.717) is 58.9 Å². The summed E-state index contributed by atoms with van der Waals surface area (Å²) in [6.07, 6.45) is 5.62. The van der Waals surface area contributed by atoms with Crippen LogP contribution in [0.1, 0.15) is 67.7 Å². The molecule has 2 heterocycles. The molecule has 1 saturated heterocycles. The topological polar surface area (TPSA) is 104 Å². The molecular formula is C43H56N2O8S. The zero-order valence-corrected chi connectivity index (χ0v) is 33.0. The van der Waals surface area contributed by atoms with Crippen LogP contribution < -0.4 is 9.64 Å². The molecule has 54 heavy (non-hydrogen) atoms. The minimum Gasteiger partial charge on any atom is -0.490 e. The zero-order valence-electron chi connectivity index (χ0n) is 32.2. The summed E-state index contributed by atoms with van der Waals surface area (Å²) in [7, 11) is -2.25. The molecule has 3 aromatic carbocycles. The van der Waals surface area contributed by atoms with Gasteiger partial charge in [0.05, 0.1) is 49.2 Å². The number of sulfonamides is 1. The van der Waals surface area contributed by atoms with Crippen molar-refractivity contribution in [1.82, 2.24) is 4.31 Å². The first kappa shape index (κ1) is 40.1. The Bertz CT molecular complexity index is 1810. The van der Waals surface area contributed by atoms with E-state index in [1.165, 1.54) is 0 Å². The second-order valence-electron chi connectivity index (χ2n) is 14.6. The summed E-state index contributed by atoms with van der Waals surface area (Å²) in [6.45, 7) is 10.9. The summed E-state index contributed by atoms with van der Waals surface area (Å²) >= 11 is 0. The fraction of sp³-hybridized carbons (Fsp3) is 0.512. The number of rotatable bonds is 17. The van der Waals surface area contributed by atoms with Gasteiger partial charge in [-0.15, -0.1) is 0 Å². The summed E-state index contributed by atoms with van der Waals surface area (Å²) in [4.78, 5) is 16.0. The average Bonchev–Trinajstić information content (AvgIpc) is 3.18. The highest BCUT2D eigenvalue weighted by Gasteiger charge is 2.47. The molecule has 3 aliphatic rings. The van der Waals surface area contributed by atoms with Crippen LogP contribution >= 0.6 is 0 Å². The van der Waals surface area contributed by atoms with Crippen LogP contribution in [0.5, 0.6) is 5.75 Å². The van der Waals surface area contributed by atoms with Crippen LogP contribution in [0, 0.1) is 12.8 Å². The van der Waals surface area contributed by atoms with Crippen LogP contribution in [0.2, 0.25) is 0 Å². The third-order valence-electron chi connectivity index (χ3n) is 10.8. The molecule has 0 aromatic heterocycles. The minimum atomic E-state index is -3.96. The van der Waals surface area contributed by atoms with Crippen molar-refractivity contribution >= 4 is 21.5 Å². The van der Waals surface area contributed by atoms with Gasteiger partial charge in [0.2, 0.25) is 10.0 Å². The number of hydrogen-bond donors (Lipinski definition) is 0. The monoisotopic (exact) mass is 760 g/mol. The number of ether oxygens (including phenoxy) is 5. The standard InChI is InChI=1S/C43H56N2O8S/c1-5-51-32(3)28-50-29-33-13-16-35(17-14-33)38-26-39(37-9-6-7-10-41(37)46)45(54(47,48)36-18-11-31(2)12-19-36)27-43(38)53-30-34-15-20-42-40(25-34)44(22-24-52-42)21-8-23-49-4/h6-7,11-20,25,32,37-39,43H,5,8-10,21-24,26-30H2,1-4H3/t32-,37-,38-,39-,43+/m1/s1. The lowest BCUT2D eigenvalue weighted by molar-refractivity contribution is -0.125. The summed E-state index contributed by atoms with van der Waals surface area (Å²) in [5, 5.41) is 0. The van der Waals surface area contributed by atoms with E-state index in [4.69, 9.17) is 23.7 Å². The normalized spacial score (nSPS) is 22.5. The molecule has 5 atom stereocenters. The molecule has 2 aliphatic heterocycles. The number of piperidine rings is 1. The quantitative estimate of drug-likeness (QED) is 0.108. The second-order valence-corrected chi connectivity index (χ2v) is 16.5. The van der Waals surface area contributed by atoms with Crippen molar-refractivity contribution in [3.63, 3.8) is 0 Å². The Kier molecular flexibility index (Phi) is 14.0. The molecule has 0 unspecified atom stereocenters. The first-order valence-corrected chi connectivity index (χ1v) is 20.8. The Labute approximate surface area is 321 Å². The number of nitrogens with zero attached hydrogens (tertiary/aromatic N) is 2. The maximum Gasteiger partial charge on any atom is 0.243 e. The van der Waals surface area contributed by atoms with Gasteiger partial charge < -0.3 is 28.6 Å². The molecule has 10 nitrogen and oxygen atoms in total. The number of Topliss-reactive ketones (excluding diaryl/α,β-unsaturated/α-hetero) is 1. The average molecular weight is 761 g/mol. The fourth-order valence-corrected chi connectivity index (χ4v) is 9.54. The highest BCUT2D eigenvalue weighted by atomic mass is 32.2. The maximum atomic E-state index is 14.5. The third kappa shape index (κ3) is 9.80. The minimum absolute atomic E-state index is 0.0178. The fourth-order valence-electron chi connectivity index (χ4n) is 7.85. The molecule has 3 aromatic rings. The Hall–Kier alpha value is -3.58. The lowest BCUT2D eigenvalue weighted by Gasteiger charge is -2.46. The van der Waals surface area contributed by atoms with E-state index in [1.807, 2.05) is 57.2 Å². The van der Waals surface area contributed by atoms with Crippen LogP contribution in [0.4, 0.5) is 5.69 Å². The zero-order chi connectivity index (χ0) is 38.1. The lowest BCUT2D eigenvalue weighted by atomic mass is 9.76. The van der Waals surface area contributed by atoms with E-state index < -0.39 is 28.1 Å². The molecule has 0 amide bonds. The molecule has 11 heteroatoms. The summed E-state index contributed by atoms with van der Waals surface area (Å²) in [5.74, 6) is 0.324. The Balaban J connectivity index is 1.30. The van der Waals surface area contributed by atoms with Crippen LogP contribution in [0.25, 0.3) is 0 Å². The van der Waals surface area contributed by atoms with Gasteiger partial charge in [-0.1, -0.05) is 60.2 Å². The molecular weight excluding hydrogens is 705 g/mol. The number of hydrogen-bond acceptors (Lipinski definition) is 9. The third-order valence-corrected chi connectivity index (χ3v) is 12.7. The number of benzene rings is 3. The van der Waals surface area contributed by atoms with E-state index in [1.54, 1.807) is 23.5 Å². The summed E-state index contributed by atoms with van der Waals surface area (Å²) in [6, 6.07) is 20.9. The van der Waals surface area contributed by atoms with Crippen LogP contribution in [-0.4, -0.2) is 89.9 Å². The molecule has 0 N–H and O–H groups in total. The molecule has 0 saturated carbocycles. The number of carbonyl (C=O) groups excluding carboxylic acids is 1. The van der Waals surface area contributed by atoms with Crippen molar-refractivity contribution in [1.29, 1.82) is 0 Å². The molecule has 6 rings (SSSR count). The lowest BCUT2D eigenvalue weighted by Crippen LogP contribution is -2.56. The van der Waals surface area contributed by atoms with Crippen molar-refractivity contribution in [3.05, 3.63) is 101 Å². The van der Waals surface area contributed by atoms with Crippen molar-refractivity contribution in [3.8, 4) is 5.75 Å². The van der Waals surface area contributed by atoms with Crippen LogP contribution in [0.3, 0.4) is 0 Å². The molecule has 1 aliphatic carbocycles. The van der Waals surface area contributed by atoms with Gasteiger partial charge >= 0.3 is 0 Å². The van der Waals surface area contributed by atoms with Crippen LogP contribution in [0.15, 0.2) is 83.8 Å². The highest BCUT2D eigenvalue weighted by Crippen LogP contribution is 2.42. The van der Waals surface area contributed by atoms with E-state index in [-0.39, 0.29) is 29.2 Å². The SMILES string of the molecule is CCO[C@H](C)COCc1ccc([C@H]2C[C@H]([C@H]3CC=CCC3=O)N(S(=O)(=O)c3ccc(C)cc3)C[C@@H]2OCc2ccc3c(c2)N(CCCOC)CCO3)cc1. The van der Waals surface area contributed by atoms with Gasteiger partial charge in [0.25, 0.3) is 0 Å². The molecule has 0 radical (unpaired) electrons. The number of methoxy groups -OCH3 is 1. The Morgan fingerprint density at radius 3 is 2.48 bits per heavy atom. The van der Waals surface area contributed by atoms with Crippen molar-refractivity contribution in [2.24, 2.45) is 5.92 Å². The first-order chi connectivity index (χ1) is 26.2. The van der Waals surface area contributed by atoms with Crippen molar-refractivity contribution < 1.29 is 36.9 Å². The van der Waals surface area contributed by atoms with Gasteiger partial charge in [0, 0.05) is 57.7 Å². The largest absolute Gasteiger partial charge is 0.490 e. The van der Waals surface area contributed by atoms with E-state index in [9.17, 15) is 13.2 Å². The van der Waals surface area contributed by atoms with Crippen molar-refractivity contribution in [2.75, 3.05) is 58.1 Å². The number of aryl methyl sites for hydroxylation is 1. The second kappa shape index (κ2) is 18.8. The number of ketones is 1. The van der Waals surface area contributed by atoms with Gasteiger partial charge in [0.1, 0.15) is 18.1 Å². The van der Waals surface area contributed by atoms with Gasteiger partial charge in [-0.3, -0.25) is 4.79 Å². The van der Waals surface area contributed by atoms with Gasteiger partial charge in [0.15, 0.2) is 0 Å². The highest BCUT2D eigenvalue weighted by molar-refractivity contribution is 7.89. The maximum absolute atomic E-state index is 14.5. The number of anilines is 1. The van der Waals surface area contributed by atoms with Gasteiger partial charge in [-0.05, 0) is 81.0 Å². The van der Waals surface area contributed by atoms with E-state index in [2.05, 4.69) is 35.2 Å². The predicted octanol–water partition coefficient (Wildman–Crippen LogP) is 6.84. The van der Waals surface area contributed by atoms with Crippen molar-refractivity contribution in [2.45, 2.75) is 88.7 Å². The molecule has 0 bridgehead atoms. The first-order valence-electron chi connectivity index (χ1n) is 19.3. The Morgan fingerprint density at radius 2 is 1.74 bits per heavy atom.